The first-order chi connectivity index (χ1) is 14.7. The molecule has 0 radical (unpaired) electrons. The summed E-state index contributed by atoms with van der Waals surface area (Å²) >= 11 is 0. The van der Waals surface area contributed by atoms with Crippen LogP contribution in [0.5, 0.6) is 0 Å². The van der Waals surface area contributed by atoms with Crippen molar-refractivity contribution in [2.75, 3.05) is 0 Å². The Balaban J connectivity index is 2.10. The predicted octanol–water partition coefficient (Wildman–Crippen LogP) is 6.28. The highest BCUT2D eigenvalue weighted by Crippen LogP contribution is 2.42. The van der Waals surface area contributed by atoms with E-state index < -0.39 is 8.07 Å². The highest BCUT2D eigenvalue weighted by atomic mass is 28.3. The molecule has 3 heterocycles. The smallest absolute Gasteiger partial charge is 0.224 e. The van der Waals surface area contributed by atoms with Gasteiger partial charge in [-0.05, 0) is 55.0 Å². The van der Waals surface area contributed by atoms with Gasteiger partial charge >= 0.3 is 0 Å². The average Bonchev–Trinajstić information content (AvgIpc) is 3.04. The van der Waals surface area contributed by atoms with Gasteiger partial charge in [-0.25, -0.2) is 4.57 Å². The molecule has 0 atom stereocenters. The van der Waals surface area contributed by atoms with E-state index in [0.29, 0.717) is 0 Å². The fraction of sp³-hybridized carbons (Fsp3) is 0.250. The van der Waals surface area contributed by atoms with Crippen molar-refractivity contribution in [3.05, 3.63) is 65.4 Å². The van der Waals surface area contributed by atoms with Crippen LogP contribution in [0.2, 0.25) is 19.6 Å². The molecule has 3 heteroatoms. The van der Waals surface area contributed by atoms with Crippen molar-refractivity contribution >= 4 is 62.3 Å². The van der Waals surface area contributed by atoms with Crippen LogP contribution in [0.15, 0.2) is 48.7 Å². The van der Waals surface area contributed by atoms with Crippen LogP contribution in [-0.4, -0.2) is 12.5 Å². The number of pyridine rings is 2. The van der Waals surface area contributed by atoms with E-state index in [-0.39, 0.29) is 0 Å². The number of aryl methyl sites for hydroxylation is 4. The lowest BCUT2D eigenvalue weighted by Crippen LogP contribution is -2.38. The lowest BCUT2D eigenvalue weighted by Gasteiger charge is -2.20. The first-order valence-corrected chi connectivity index (χ1v) is 14.7. The molecular formula is C28H29N2Si+. The monoisotopic (exact) mass is 421 g/mol. The van der Waals surface area contributed by atoms with E-state index in [0.717, 1.165) is 0 Å². The highest BCUT2D eigenvalue weighted by molar-refractivity contribution is 6.89. The van der Waals surface area contributed by atoms with E-state index in [2.05, 4.69) is 105 Å². The first kappa shape index (κ1) is 18.8. The molecule has 0 aliphatic heterocycles. The van der Waals surface area contributed by atoms with E-state index in [1.165, 1.54) is 70.9 Å². The summed E-state index contributed by atoms with van der Waals surface area (Å²) < 4.78 is 4.91. The molecule has 0 saturated carbocycles. The van der Waals surface area contributed by atoms with Crippen LogP contribution in [-0.2, 0) is 7.05 Å². The fourth-order valence-electron chi connectivity index (χ4n) is 5.55. The third kappa shape index (κ3) is 2.30. The minimum Gasteiger partial charge on any atom is -0.307 e. The van der Waals surface area contributed by atoms with Gasteiger partial charge in [0.25, 0.3) is 0 Å². The molecule has 0 bridgehead atoms. The molecule has 0 saturated heterocycles. The number of hydrogen-bond donors (Lipinski definition) is 0. The normalized spacial score (nSPS) is 13.0. The first-order valence-electron chi connectivity index (χ1n) is 11.2. The predicted molar refractivity (Wildman–Crippen MR) is 137 cm³/mol. The van der Waals surface area contributed by atoms with Gasteiger partial charge in [0, 0.05) is 16.8 Å². The van der Waals surface area contributed by atoms with E-state index >= 15 is 0 Å². The summed E-state index contributed by atoms with van der Waals surface area (Å²) in [4.78, 5) is 0. The van der Waals surface area contributed by atoms with Crippen LogP contribution in [0, 0.1) is 20.8 Å². The second-order valence-corrected chi connectivity index (χ2v) is 15.5. The largest absolute Gasteiger partial charge is 0.307 e. The molecule has 6 rings (SSSR count). The number of rotatable bonds is 1. The molecular weight excluding hydrogens is 392 g/mol. The number of nitrogens with zero attached hydrogens (tertiary/aromatic N) is 2. The Bertz CT molecular complexity index is 1700. The van der Waals surface area contributed by atoms with Crippen molar-refractivity contribution in [3.8, 4) is 0 Å². The minimum absolute atomic E-state index is 1.34. The molecule has 0 unspecified atom stereocenters. The van der Waals surface area contributed by atoms with Gasteiger partial charge < -0.3 is 4.40 Å². The molecule has 0 amide bonds. The van der Waals surface area contributed by atoms with Crippen LogP contribution in [0.3, 0.4) is 0 Å². The number of aromatic nitrogens is 2. The molecule has 31 heavy (non-hydrogen) atoms. The lowest BCUT2D eigenvalue weighted by atomic mass is 9.96. The van der Waals surface area contributed by atoms with Crippen LogP contribution >= 0.6 is 0 Å². The van der Waals surface area contributed by atoms with Crippen LogP contribution in [0.25, 0.3) is 49.0 Å². The Labute approximate surface area is 184 Å². The molecule has 0 aliphatic rings. The van der Waals surface area contributed by atoms with Crippen molar-refractivity contribution in [1.82, 2.24) is 4.40 Å². The van der Waals surface area contributed by atoms with Gasteiger partial charge in [0.15, 0.2) is 6.20 Å². The zero-order chi connectivity index (χ0) is 21.8. The van der Waals surface area contributed by atoms with Gasteiger partial charge in [0.1, 0.15) is 7.05 Å². The molecule has 154 valence electrons. The highest BCUT2D eigenvalue weighted by Gasteiger charge is 2.27. The van der Waals surface area contributed by atoms with Gasteiger partial charge in [0.05, 0.1) is 35.4 Å². The molecule has 0 N–H and O–H groups in total. The molecule has 2 nitrogen and oxygen atoms in total. The summed E-state index contributed by atoms with van der Waals surface area (Å²) in [5.41, 5.74) is 9.52. The second-order valence-electron chi connectivity index (χ2n) is 10.4. The summed E-state index contributed by atoms with van der Waals surface area (Å²) in [6.07, 6.45) is 2.24. The maximum Gasteiger partial charge on any atom is 0.224 e. The van der Waals surface area contributed by atoms with Crippen LogP contribution < -0.4 is 9.75 Å². The van der Waals surface area contributed by atoms with Gasteiger partial charge in [-0.15, -0.1) is 0 Å². The van der Waals surface area contributed by atoms with Crippen molar-refractivity contribution in [2.45, 2.75) is 40.4 Å². The zero-order valence-electron chi connectivity index (χ0n) is 19.5. The van der Waals surface area contributed by atoms with Gasteiger partial charge in [-0.2, -0.15) is 0 Å². The molecule has 0 fully saturated rings. The Kier molecular flexibility index (Phi) is 3.56. The summed E-state index contributed by atoms with van der Waals surface area (Å²) in [5, 5.41) is 8.39. The van der Waals surface area contributed by atoms with Crippen LogP contribution in [0.4, 0.5) is 0 Å². The number of para-hydroxylation sites is 1. The standard InChI is InChI=1S/C28H29N2Si/c1-16-9-8-10-21-22-13-17(2)18(3)24-27(22)30(26(16)21)23-15-20(31(5,6)7)14-19-11-12-29(4)28(24)25(19)23/h8-15H,1-7H3/q+1. The Morgan fingerprint density at radius 3 is 2.32 bits per heavy atom. The molecule has 0 aliphatic carbocycles. The van der Waals surface area contributed by atoms with E-state index in [1.807, 2.05) is 0 Å². The summed E-state index contributed by atoms with van der Waals surface area (Å²) in [6.45, 7) is 14.1. The number of fused-ring (bicyclic) bond motifs is 5. The van der Waals surface area contributed by atoms with Gasteiger partial charge in [-0.3, -0.25) is 0 Å². The fourth-order valence-corrected chi connectivity index (χ4v) is 6.71. The van der Waals surface area contributed by atoms with Crippen molar-refractivity contribution in [1.29, 1.82) is 0 Å². The van der Waals surface area contributed by atoms with Crippen LogP contribution in [0.1, 0.15) is 16.7 Å². The van der Waals surface area contributed by atoms with E-state index in [9.17, 15) is 0 Å². The maximum absolute atomic E-state index is 2.58. The molecule has 3 aromatic carbocycles. The summed E-state index contributed by atoms with van der Waals surface area (Å²) in [5.74, 6) is 0. The Hall–Kier alpha value is -2.91. The van der Waals surface area contributed by atoms with E-state index in [4.69, 9.17) is 0 Å². The van der Waals surface area contributed by atoms with Crippen molar-refractivity contribution in [3.63, 3.8) is 0 Å². The number of hydrogen-bond acceptors (Lipinski definition) is 0. The average molecular weight is 422 g/mol. The lowest BCUT2D eigenvalue weighted by molar-refractivity contribution is -0.643. The maximum atomic E-state index is 2.58. The Morgan fingerprint density at radius 2 is 1.58 bits per heavy atom. The van der Waals surface area contributed by atoms with Gasteiger partial charge in [0.2, 0.25) is 5.52 Å². The summed E-state index contributed by atoms with van der Waals surface area (Å²) in [7, 11) is 0.716. The third-order valence-electron chi connectivity index (χ3n) is 7.35. The third-order valence-corrected chi connectivity index (χ3v) is 9.37. The van der Waals surface area contributed by atoms with Crippen molar-refractivity contribution < 1.29 is 4.57 Å². The number of benzene rings is 3. The molecule has 0 spiro atoms. The second kappa shape index (κ2) is 5.86. The minimum atomic E-state index is -1.48. The Morgan fingerprint density at radius 1 is 0.806 bits per heavy atom. The topological polar surface area (TPSA) is 8.29 Å². The zero-order valence-corrected chi connectivity index (χ0v) is 20.5. The SMILES string of the molecule is Cc1cc2c3cccc(C)c3n3c4cc([Si](C)(C)C)cc5cc[n+](C)c(c(c1C)c23)c54. The molecule has 3 aromatic heterocycles. The molecule has 6 aromatic rings. The van der Waals surface area contributed by atoms with E-state index in [1.54, 1.807) is 0 Å². The van der Waals surface area contributed by atoms with Crippen molar-refractivity contribution in [2.24, 2.45) is 7.05 Å². The van der Waals surface area contributed by atoms with Gasteiger partial charge in [-0.1, -0.05) is 49.1 Å². The summed E-state index contributed by atoms with van der Waals surface area (Å²) in [6, 6.07) is 16.4. The quantitative estimate of drug-likeness (QED) is 0.128.